The molecule has 1 aromatic rings. The fourth-order valence-electron chi connectivity index (χ4n) is 5.14. The topological polar surface area (TPSA) is 84.0 Å². The monoisotopic (exact) mass is 444 g/mol. The van der Waals surface area contributed by atoms with E-state index in [4.69, 9.17) is 4.74 Å². The normalized spacial score (nSPS) is 23.5. The van der Waals surface area contributed by atoms with Gasteiger partial charge >= 0.3 is 5.97 Å². The number of hydrogen-bond acceptors (Lipinski definition) is 6. The maximum absolute atomic E-state index is 13.7. The van der Waals surface area contributed by atoms with Gasteiger partial charge in [0.15, 0.2) is 0 Å². The Hall–Kier alpha value is -2.35. The summed E-state index contributed by atoms with van der Waals surface area (Å²) in [6.07, 6.45) is 6.40. The van der Waals surface area contributed by atoms with Crippen LogP contribution in [0.1, 0.15) is 48.0 Å². The number of fused-ring (bicyclic) bond motifs is 2. The van der Waals surface area contributed by atoms with E-state index in [0.29, 0.717) is 30.7 Å². The fourth-order valence-corrected chi connectivity index (χ4v) is 5.60. The largest absolute Gasteiger partial charge is 0.465 e. The number of ether oxygens (including phenoxy) is 1. The van der Waals surface area contributed by atoms with Crippen molar-refractivity contribution in [3.8, 4) is 0 Å². The highest BCUT2D eigenvalue weighted by molar-refractivity contribution is 7.98. The fraction of sp³-hybridized carbons (Fsp3) is 0.565. The zero-order chi connectivity index (χ0) is 22.1. The lowest BCUT2D eigenvalue weighted by atomic mass is 9.81. The Labute approximate surface area is 186 Å². The number of imide groups is 1. The Bertz CT molecular complexity index is 893. The number of likely N-dealkylation sites (tertiary alicyclic amines) is 1. The van der Waals surface area contributed by atoms with Gasteiger partial charge in [-0.3, -0.25) is 19.3 Å². The first kappa shape index (κ1) is 21.9. The first-order valence-corrected chi connectivity index (χ1v) is 12.3. The average molecular weight is 445 g/mol. The molecule has 3 atom stereocenters. The molecule has 4 rings (SSSR count). The van der Waals surface area contributed by atoms with Crippen molar-refractivity contribution < 1.29 is 23.9 Å². The smallest absolute Gasteiger partial charge is 0.337 e. The number of anilines is 1. The van der Waals surface area contributed by atoms with E-state index in [9.17, 15) is 19.2 Å². The summed E-state index contributed by atoms with van der Waals surface area (Å²) in [6, 6.07) is 4.38. The van der Waals surface area contributed by atoms with E-state index >= 15 is 0 Å². The lowest BCUT2D eigenvalue weighted by molar-refractivity contribution is -0.147. The molecule has 3 aliphatic rings. The third-order valence-electron chi connectivity index (χ3n) is 6.73. The van der Waals surface area contributed by atoms with Gasteiger partial charge in [-0.15, -0.1) is 0 Å². The van der Waals surface area contributed by atoms with Crippen LogP contribution in [0.15, 0.2) is 18.2 Å². The van der Waals surface area contributed by atoms with Crippen molar-refractivity contribution in [2.75, 3.05) is 30.6 Å². The van der Waals surface area contributed by atoms with E-state index in [-0.39, 0.29) is 29.6 Å². The third-order valence-corrected chi connectivity index (χ3v) is 7.37. The summed E-state index contributed by atoms with van der Waals surface area (Å²) in [6.45, 7) is 0.470. The number of nitrogens with zero attached hydrogens (tertiary/aromatic N) is 2. The van der Waals surface area contributed by atoms with Crippen molar-refractivity contribution in [1.82, 2.24) is 4.90 Å². The van der Waals surface area contributed by atoms with Crippen LogP contribution < -0.4 is 4.90 Å². The summed E-state index contributed by atoms with van der Waals surface area (Å²) in [5, 5.41) is 0. The summed E-state index contributed by atoms with van der Waals surface area (Å²) >= 11 is 1.60. The second-order valence-electron chi connectivity index (χ2n) is 8.42. The molecule has 0 aromatic heterocycles. The van der Waals surface area contributed by atoms with Crippen LogP contribution in [0.3, 0.4) is 0 Å². The molecular formula is C23H28N2O5S. The Morgan fingerprint density at radius 2 is 1.84 bits per heavy atom. The van der Waals surface area contributed by atoms with Crippen molar-refractivity contribution >= 4 is 41.1 Å². The predicted octanol–water partition coefficient (Wildman–Crippen LogP) is 2.66. The molecule has 2 fully saturated rings. The summed E-state index contributed by atoms with van der Waals surface area (Å²) in [7, 11) is 1.34. The number of thioether (sulfide) groups is 1. The molecular weight excluding hydrogens is 416 g/mol. The zero-order valence-corrected chi connectivity index (χ0v) is 18.8. The molecule has 7 nitrogen and oxygen atoms in total. The van der Waals surface area contributed by atoms with Crippen molar-refractivity contribution in [2.24, 2.45) is 11.8 Å². The van der Waals surface area contributed by atoms with Crippen LogP contribution in [0.4, 0.5) is 5.69 Å². The van der Waals surface area contributed by atoms with E-state index < -0.39 is 12.0 Å². The van der Waals surface area contributed by atoms with E-state index in [1.54, 1.807) is 34.9 Å². The van der Waals surface area contributed by atoms with E-state index in [1.165, 1.54) is 12.0 Å². The molecule has 3 amide bonds. The van der Waals surface area contributed by atoms with Crippen LogP contribution in [0.2, 0.25) is 0 Å². The van der Waals surface area contributed by atoms with Crippen LogP contribution in [-0.4, -0.2) is 60.3 Å². The molecule has 166 valence electrons. The number of rotatable bonds is 6. The van der Waals surface area contributed by atoms with Gasteiger partial charge in [-0.1, -0.05) is 12.8 Å². The van der Waals surface area contributed by atoms with Crippen LogP contribution in [0.5, 0.6) is 0 Å². The molecule has 2 aliphatic heterocycles. The van der Waals surface area contributed by atoms with Crippen molar-refractivity contribution in [2.45, 2.75) is 44.6 Å². The number of hydrogen-bond donors (Lipinski definition) is 0. The molecule has 1 aliphatic carbocycles. The van der Waals surface area contributed by atoms with E-state index in [1.807, 2.05) is 6.26 Å². The first-order valence-electron chi connectivity index (χ1n) is 10.9. The van der Waals surface area contributed by atoms with Gasteiger partial charge in [-0.05, 0) is 61.5 Å². The minimum Gasteiger partial charge on any atom is -0.465 e. The minimum atomic E-state index is -0.774. The summed E-state index contributed by atoms with van der Waals surface area (Å²) in [4.78, 5) is 54.7. The van der Waals surface area contributed by atoms with Crippen LogP contribution in [0.25, 0.3) is 0 Å². The molecule has 3 unspecified atom stereocenters. The number of methoxy groups -OCH3 is 1. The lowest BCUT2D eigenvalue weighted by Gasteiger charge is -2.30. The highest BCUT2D eigenvalue weighted by Crippen LogP contribution is 2.40. The molecule has 0 bridgehead atoms. The third kappa shape index (κ3) is 3.86. The molecule has 1 saturated heterocycles. The van der Waals surface area contributed by atoms with Crippen LogP contribution >= 0.6 is 11.8 Å². The van der Waals surface area contributed by atoms with Crippen LogP contribution in [-0.2, 0) is 25.5 Å². The molecule has 0 N–H and O–H groups in total. The van der Waals surface area contributed by atoms with Gasteiger partial charge in [0.2, 0.25) is 17.7 Å². The number of esters is 1. The van der Waals surface area contributed by atoms with Gasteiger partial charge in [0.25, 0.3) is 0 Å². The maximum atomic E-state index is 13.7. The molecule has 8 heteroatoms. The first-order chi connectivity index (χ1) is 15.0. The highest BCUT2D eigenvalue weighted by atomic mass is 32.2. The molecule has 0 spiro atoms. The molecule has 31 heavy (non-hydrogen) atoms. The van der Waals surface area contributed by atoms with Gasteiger partial charge in [0.05, 0.1) is 24.5 Å². The van der Waals surface area contributed by atoms with Gasteiger partial charge in [0.1, 0.15) is 6.04 Å². The average Bonchev–Trinajstić information content (AvgIpc) is 3.33. The van der Waals surface area contributed by atoms with Gasteiger partial charge < -0.3 is 9.64 Å². The maximum Gasteiger partial charge on any atom is 0.337 e. The summed E-state index contributed by atoms with van der Waals surface area (Å²) in [5.41, 5.74) is 2.08. The Balaban J connectivity index is 1.61. The summed E-state index contributed by atoms with van der Waals surface area (Å²) < 4.78 is 4.79. The number of carbonyl (C=O) groups is 4. The van der Waals surface area contributed by atoms with Gasteiger partial charge in [0, 0.05) is 12.2 Å². The molecule has 2 heterocycles. The Morgan fingerprint density at radius 1 is 1.16 bits per heavy atom. The van der Waals surface area contributed by atoms with E-state index in [0.717, 1.165) is 36.9 Å². The lowest BCUT2D eigenvalue weighted by Crippen LogP contribution is -2.51. The van der Waals surface area contributed by atoms with Gasteiger partial charge in [-0.2, -0.15) is 11.8 Å². The SMILES string of the molecule is COC(=O)c1ccc2c(c1)CCN2C(=O)C(CCSC)N1C(=O)C2CCCCC2C1=O. The molecule has 0 radical (unpaired) electrons. The van der Waals surface area contributed by atoms with Crippen molar-refractivity contribution in [3.63, 3.8) is 0 Å². The Kier molecular flexibility index (Phi) is 6.36. The number of carbonyl (C=O) groups excluding carboxylic acids is 4. The second-order valence-corrected chi connectivity index (χ2v) is 9.40. The van der Waals surface area contributed by atoms with E-state index in [2.05, 4.69) is 0 Å². The van der Waals surface area contributed by atoms with Crippen molar-refractivity contribution in [3.05, 3.63) is 29.3 Å². The number of benzene rings is 1. The summed E-state index contributed by atoms with van der Waals surface area (Å²) in [5.74, 6) is -0.812. The zero-order valence-electron chi connectivity index (χ0n) is 18.0. The predicted molar refractivity (Wildman–Crippen MR) is 118 cm³/mol. The second kappa shape index (κ2) is 9.02. The standard InChI is InChI=1S/C23H28N2O5S/c1-30-23(29)15-7-8-18-14(13-15)9-11-24(18)22(28)19(10-12-31-2)25-20(26)16-5-3-4-6-17(16)21(25)27/h7-8,13,16-17,19H,3-6,9-12H2,1-2H3. The molecule has 1 aromatic carbocycles. The minimum absolute atomic E-state index is 0.172. The van der Waals surface area contributed by atoms with Crippen LogP contribution in [0, 0.1) is 11.8 Å². The Morgan fingerprint density at radius 3 is 2.45 bits per heavy atom. The highest BCUT2D eigenvalue weighted by Gasteiger charge is 2.52. The van der Waals surface area contributed by atoms with Crippen molar-refractivity contribution in [1.29, 1.82) is 0 Å². The quantitative estimate of drug-likeness (QED) is 0.496. The molecule has 1 saturated carbocycles. The van der Waals surface area contributed by atoms with Gasteiger partial charge in [-0.25, -0.2) is 4.79 Å². The number of amides is 3.